The maximum absolute atomic E-state index is 12.0. The van der Waals surface area contributed by atoms with Crippen LogP contribution in [0.2, 0.25) is 0 Å². The van der Waals surface area contributed by atoms with Gasteiger partial charge in [-0.05, 0) is 38.0 Å². The Morgan fingerprint density at radius 1 is 1.05 bits per heavy atom. The zero-order valence-electron chi connectivity index (χ0n) is 11.4. The van der Waals surface area contributed by atoms with Crippen LogP contribution in [0.4, 0.5) is 0 Å². The predicted molar refractivity (Wildman–Crippen MR) is 69.7 cm³/mol. The molecule has 0 spiro atoms. The van der Waals surface area contributed by atoms with Crippen molar-refractivity contribution in [2.45, 2.75) is 70.1 Å². The molecular weight excluding hydrogens is 246 g/mol. The van der Waals surface area contributed by atoms with Gasteiger partial charge >= 0.3 is 5.97 Å². The first-order valence-corrected chi connectivity index (χ1v) is 7.25. The Bertz CT molecular complexity index is 344. The molecule has 108 valence electrons. The highest BCUT2D eigenvalue weighted by Gasteiger charge is 2.35. The fraction of sp³-hybridized carbons (Fsp3) is 0.857. The molecule has 19 heavy (non-hydrogen) atoms. The van der Waals surface area contributed by atoms with E-state index >= 15 is 0 Å². The molecule has 1 heterocycles. The number of carboxylic acids is 1. The standard InChI is InChI=1S/C14H23NO4/c1-9-3-2-4-10(6-5-9)15-13(16)11-7-8-12(19-11)14(17)18/h9-12H,2-8H2,1H3,(H,15,16)(H,17,18). The Hall–Kier alpha value is -1.10. The summed E-state index contributed by atoms with van der Waals surface area (Å²) in [7, 11) is 0. The number of carbonyl (C=O) groups excluding carboxylic acids is 1. The summed E-state index contributed by atoms with van der Waals surface area (Å²) in [4.78, 5) is 22.8. The van der Waals surface area contributed by atoms with E-state index in [1.54, 1.807) is 0 Å². The normalized spacial score (nSPS) is 35.6. The summed E-state index contributed by atoms with van der Waals surface area (Å²) in [5.41, 5.74) is 0. The zero-order valence-corrected chi connectivity index (χ0v) is 11.4. The molecule has 0 bridgehead atoms. The highest BCUT2D eigenvalue weighted by Crippen LogP contribution is 2.24. The number of amides is 1. The van der Waals surface area contributed by atoms with E-state index in [9.17, 15) is 9.59 Å². The van der Waals surface area contributed by atoms with Crippen molar-refractivity contribution >= 4 is 11.9 Å². The number of carbonyl (C=O) groups is 2. The Labute approximate surface area is 113 Å². The smallest absolute Gasteiger partial charge is 0.332 e. The van der Waals surface area contributed by atoms with Crippen molar-refractivity contribution in [1.82, 2.24) is 5.32 Å². The molecule has 2 rings (SSSR count). The van der Waals surface area contributed by atoms with Crippen LogP contribution in [0.3, 0.4) is 0 Å². The van der Waals surface area contributed by atoms with E-state index in [0.29, 0.717) is 12.8 Å². The van der Waals surface area contributed by atoms with E-state index in [-0.39, 0.29) is 11.9 Å². The van der Waals surface area contributed by atoms with Crippen LogP contribution in [-0.4, -0.2) is 35.2 Å². The minimum absolute atomic E-state index is 0.136. The summed E-state index contributed by atoms with van der Waals surface area (Å²) >= 11 is 0. The first-order valence-electron chi connectivity index (χ1n) is 7.25. The second-order valence-corrected chi connectivity index (χ2v) is 5.85. The van der Waals surface area contributed by atoms with Gasteiger partial charge in [0.1, 0.15) is 6.10 Å². The average Bonchev–Trinajstić information content (AvgIpc) is 2.77. The molecule has 4 unspecified atom stereocenters. The molecule has 2 fully saturated rings. The van der Waals surface area contributed by atoms with Gasteiger partial charge in [-0.2, -0.15) is 0 Å². The van der Waals surface area contributed by atoms with Crippen molar-refractivity contribution in [1.29, 1.82) is 0 Å². The van der Waals surface area contributed by atoms with Crippen LogP contribution in [0.1, 0.15) is 51.9 Å². The van der Waals surface area contributed by atoms with Crippen LogP contribution < -0.4 is 5.32 Å². The summed E-state index contributed by atoms with van der Waals surface area (Å²) in [6, 6.07) is 0.227. The SMILES string of the molecule is CC1CCCC(NC(=O)C2CCC(C(=O)O)O2)CC1. The van der Waals surface area contributed by atoms with Gasteiger partial charge in [0.2, 0.25) is 5.91 Å². The highest BCUT2D eigenvalue weighted by molar-refractivity contribution is 5.82. The summed E-state index contributed by atoms with van der Waals surface area (Å²) in [5.74, 6) is -0.372. The van der Waals surface area contributed by atoms with Crippen molar-refractivity contribution in [3.63, 3.8) is 0 Å². The fourth-order valence-electron chi connectivity index (χ4n) is 2.94. The van der Waals surface area contributed by atoms with Crippen molar-refractivity contribution in [2.24, 2.45) is 5.92 Å². The third kappa shape index (κ3) is 3.93. The number of nitrogens with one attached hydrogen (secondary N) is 1. The molecule has 2 N–H and O–H groups in total. The van der Waals surface area contributed by atoms with Gasteiger partial charge in [0.15, 0.2) is 6.10 Å². The average molecular weight is 269 g/mol. The third-order valence-corrected chi connectivity index (χ3v) is 4.19. The largest absolute Gasteiger partial charge is 0.479 e. The highest BCUT2D eigenvalue weighted by atomic mass is 16.5. The molecule has 1 amide bonds. The first kappa shape index (κ1) is 14.3. The molecule has 1 aliphatic carbocycles. The van der Waals surface area contributed by atoms with Crippen LogP contribution in [0.5, 0.6) is 0 Å². The number of ether oxygens (including phenoxy) is 1. The quantitative estimate of drug-likeness (QED) is 0.765. The minimum Gasteiger partial charge on any atom is -0.479 e. The van der Waals surface area contributed by atoms with Gasteiger partial charge in [-0.3, -0.25) is 4.79 Å². The van der Waals surface area contributed by atoms with Crippen LogP contribution in [-0.2, 0) is 14.3 Å². The van der Waals surface area contributed by atoms with Gasteiger partial charge in [-0.1, -0.05) is 19.8 Å². The van der Waals surface area contributed by atoms with Crippen molar-refractivity contribution in [2.75, 3.05) is 0 Å². The lowest BCUT2D eigenvalue weighted by molar-refractivity contribution is -0.151. The van der Waals surface area contributed by atoms with E-state index in [1.807, 2.05) is 0 Å². The van der Waals surface area contributed by atoms with E-state index in [0.717, 1.165) is 31.6 Å². The number of hydrogen-bond donors (Lipinski definition) is 2. The van der Waals surface area contributed by atoms with Crippen molar-refractivity contribution in [3.05, 3.63) is 0 Å². The second-order valence-electron chi connectivity index (χ2n) is 5.85. The summed E-state index contributed by atoms with van der Waals surface area (Å²) in [5, 5.41) is 11.9. The minimum atomic E-state index is -0.974. The van der Waals surface area contributed by atoms with Crippen LogP contribution in [0.15, 0.2) is 0 Å². The predicted octanol–water partition coefficient (Wildman–Crippen LogP) is 1.70. The van der Waals surface area contributed by atoms with E-state index in [1.165, 1.54) is 6.42 Å². The lowest BCUT2D eigenvalue weighted by atomic mass is 10.0. The zero-order chi connectivity index (χ0) is 13.8. The molecule has 4 atom stereocenters. The molecule has 0 radical (unpaired) electrons. The topological polar surface area (TPSA) is 75.6 Å². The third-order valence-electron chi connectivity index (χ3n) is 4.19. The Balaban J connectivity index is 1.79. The summed E-state index contributed by atoms with van der Waals surface area (Å²) in [6.07, 6.45) is 5.09. The molecular formula is C14H23NO4. The maximum atomic E-state index is 12.0. The van der Waals surface area contributed by atoms with Gasteiger partial charge in [0, 0.05) is 6.04 Å². The Morgan fingerprint density at radius 2 is 1.79 bits per heavy atom. The molecule has 5 heteroatoms. The van der Waals surface area contributed by atoms with Gasteiger partial charge in [-0.15, -0.1) is 0 Å². The monoisotopic (exact) mass is 269 g/mol. The van der Waals surface area contributed by atoms with Crippen molar-refractivity contribution in [3.8, 4) is 0 Å². The van der Waals surface area contributed by atoms with E-state index in [4.69, 9.17) is 9.84 Å². The molecule has 0 aromatic rings. The van der Waals surface area contributed by atoms with Gasteiger partial charge in [0.05, 0.1) is 0 Å². The molecule has 0 aromatic heterocycles. The Morgan fingerprint density at radius 3 is 2.47 bits per heavy atom. The summed E-state index contributed by atoms with van der Waals surface area (Å²) in [6.45, 7) is 2.25. The number of carboxylic acid groups (broad SMARTS) is 1. The fourth-order valence-corrected chi connectivity index (χ4v) is 2.94. The second kappa shape index (κ2) is 6.37. The molecule has 1 saturated heterocycles. The molecule has 0 aromatic carbocycles. The number of rotatable bonds is 3. The Kier molecular flexibility index (Phi) is 4.80. The number of hydrogen-bond acceptors (Lipinski definition) is 3. The van der Waals surface area contributed by atoms with Gasteiger partial charge in [0.25, 0.3) is 0 Å². The van der Waals surface area contributed by atoms with Crippen LogP contribution >= 0.6 is 0 Å². The number of aliphatic carboxylic acids is 1. The molecule has 5 nitrogen and oxygen atoms in total. The molecule has 2 aliphatic rings. The lowest BCUT2D eigenvalue weighted by Crippen LogP contribution is -2.41. The van der Waals surface area contributed by atoms with Crippen LogP contribution in [0, 0.1) is 5.92 Å². The maximum Gasteiger partial charge on any atom is 0.332 e. The van der Waals surface area contributed by atoms with Gasteiger partial charge in [-0.25, -0.2) is 4.79 Å². The lowest BCUT2D eigenvalue weighted by Gasteiger charge is -2.19. The van der Waals surface area contributed by atoms with Gasteiger partial charge < -0.3 is 15.2 Å². The molecule has 1 aliphatic heterocycles. The summed E-state index contributed by atoms with van der Waals surface area (Å²) < 4.78 is 5.27. The van der Waals surface area contributed by atoms with Crippen LogP contribution in [0.25, 0.3) is 0 Å². The van der Waals surface area contributed by atoms with Crippen molar-refractivity contribution < 1.29 is 19.4 Å². The van der Waals surface area contributed by atoms with E-state index in [2.05, 4.69) is 12.2 Å². The van der Waals surface area contributed by atoms with E-state index < -0.39 is 18.2 Å². The first-order chi connectivity index (χ1) is 9.06. The molecule has 1 saturated carbocycles.